The molecule has 2 aliphatic rings. The van der Waals surface area contributed by atoms with Crippen LogP contribution in [0.4, 0.5) is 0 Å². The number of aliphatic hydroxyl groups is 1. The van der Waals surface area contributed by atoms with Crippen LogP contribution in [0.2, 0.25) is 0 Å². The maximum Gasteiger partial charge on any atom is 0.273 e. The van der Waals surface area contributed by atoms with Gasteiger partial charge in [-0.05, 0) is 37.8 Å². The summed E-state index contributed by atoms with van der Waals surface area (Å²) in [5, 5.41) is 14.4. The van der Waals surface area contributed by atoms with Gasteiger partial charge in [0.15, 0.2) is 0 Å². The van der Waals surface area contributed by atoms with E-state index in [2.05, 4.69) is 33.4 Å². The molecule has 2 heterocycles. The molecule has 1 aromatic carbocycles. The van der Waals surface area contributed by atoms with Gasteiger partial charge in [0.2, 0.25) is 0 Å². The Hall–Kier alpha value is -2.40. The third kappa shape index (κ3) is 2.76. The fourth-order valence-corrected chi connectivity index (χ4v) is 3.28. The smallest absolute Gasteiger partial charge is 0.273 e. The zero-order valence-corrected chi connectivity index (χ0v) is 13.5. The largest absolute Gasteiger partial charge is 0.396 e. The van der Waals surface area contributed by atoms with Gasteiger partial charge in [-0.2, -0.15) is 5.10 Å². The lowest BCUT2D eigenvalue weighted by atomic mass is 10.0. The van der Waals surface area contributed by atoms with Crippen molar-refractivity contribution in [2.45, 2.75) is 32.2 Å². The number of carbonyl (C=O) groups excluding carboxylic acids is 1. The molecule has 5 heteroatoms. The Morgan fingerprint density at radius 3 is 2.92 bits per heavy atom. The van der Waals surface area contributed by atoms with E-state index in [4.69, 9.17) is 5.11 Å². The Labute approximate surface area is 140 Å². The lowest BCUT2D eigenvalue weighted by molar-refractivity contribution is -0.116. The molecule has 2 aromatic rings. The number of amides is 1. The van der Waals surface area contributed by atoms with E-state index in [9.17, 15) is 4.79 Å². The summed E-state index contributed by atoms with van der Waals surface area (Å²) in [5.74, 6) is 0.335. The molecule has 1 fully saturated rings. The number of hydrogen-bond acceptors (Lipinski definition) is 3. The standard InChI is InChI=1S/C19H21N3O2/c23-10-4-3-9-22-12-14(15-5-1-2-6-17(15)22)11-16-18(13-7-8-13)20-21-19(16)24/h1-2,5-6,11-13,23H,3-4,7-10H2,(H,21,24)/b16-11+. The van der Waals surface area contributed by atoms with Crippen molar-refractivity contribution in [3.05, 3.63) is 41.6 Å². The maximum atomic E-state index is 12.1. The van der Waals surface area contributed by atoms with Crippen LogP contribution in [-0.2, 0) is 11.3 Å². The number of aryl methyl sites for hydroxylation is 1. The molecular formula is C19H21N3O2. The van der Waals surface area contributed by atoms with Crippen molar-refractivity contribution >= 4 is 28.6 Å². The van der Waals surface area contributed by atoms with Crippen LogP contribution in [0.1, 0.15) is 31.2 Å². The first kappa shape index (κ1) is 15.1. The van der Waals surface area contributed by atoms with Crippen LogP contribution in [0.3, 0.4) is 0 Å². The third-order valence-electron chi connectivity index (χ3n) is 4.69. The van der Waals surface area contributed by atoms with Gasteiger partial charge in [0.05, 0.1) is 11.3 Å². The van der Waals surface area contributed by atoms with E-state index in [-0.39, 0.29) is 12.5 Å². The summed E-state index contributed by atoms with van der Waals surface area (Å²) in [6.45, 7) is 1.08. The number of fused-ring (bicyclic) bond motifs is 1. The van der Waals surface area contributed by atoms with Crippen LogP contribution in [0, 0.1) is 5.92 Å². The number of nitrogens with zero attached hydrogens (tertiary/aromatic N) is 2. The van der Waals surface area contributed by atoms with Crippen LogP contribution >= 0.6 is 0 Å². The molecular weight excluding hydrogens is 302 g/mol. The fourth-order valence-electron chi connectivity index (χ4n) is 3.28. The Morgan fingerprint density at radius 1 is 1.29 bits per heavy atom. The lowest BCUT2D eigenvalue weighted by Gasteiger charge is -2.03. The highest BCUT2D eigenvalue weighted by molar-refractivity contribution is 6.29. The summed E-state index contributed by atoms with van der Waals surface area (Å²) in [6, 6.07) is 8.24. The van der Waals surface area contributed by atoms with Crippen LogP contribution in [-0.4, -0.2) is 27.9 Å². The first-order chi connectivity index (χ1) is 11.8. The minimum Gasteiger partial charge on any atom is -0.396 e. The summed E-state index contributed by atoms with van der Waals surface area (Å²) in [6.07, 6.45) is 8.04. The molecule has 0 spiro atoms. The number of hydrogen-bond donors (Lipinski definition) is 2. The summed E-state index contributed by atoms with van der Waals surface area (Å²) in [4.78, 5) is 12.1. The van der Waals surface area contributed by atoms with Crippen LogP contribution in [0.25, 0.3) is 17.0 Å². The first-order valence-electron chi connectivity index (χ1n) is 8.56. The van der Waals surface area contributed by atoms with Gasteiger partial charge < -0.3 is 9.67 Å². The summed E-state index contributed by atoms with van der Waals surface area (Å²) in [7, 11) is 0. The number of hydrazone groups is 1. The van der Waals surface area contributed by atoms with Gasteiger partial charge in [-0.15, -0.1) is 0 Å². The Bertz CT molecular complexity index is 843. The van der Waals surface area contributed by atoms with Gasteiger partial charge in [-0.3, -0.25) is 4.79 Å². The van der Waals surface area contributed by atoms with Crippen molar-refractivity contribution in [3.63, 3.8) is 0 Å². The van der Waals surface area contributed by atoms with Crippen LogP contribution in [0.5, 0.6) is 0 Å². The van der Waals surface area contributed by atoms with Crippen molar-refractivity contribution in [2.75, 3.05) is 6.61 Å². The Balaban J connectivity index is 1.72. The summed E-state index contributed by atoms with van der Waals surface area (Å²) < 4.78 is 2.21. The third-order valence-corrected chi connectivity index (χ3v) is 4.69. The second-order valence-electron chi connectivity index (χ2n) is 6.50. The van der Waals surface area contributed by atoms with Gasteiger partial charge in [0, 0.05) is 41.7 Å². The highest BCUT2D eigenvalue weighted by atomic mass is 16.2. The lowest BCUT2D eigenvalue weighted by Crippen LogP contribution is -2.13. The molecule has 1 aliphatic heterocycles. The number of rotatable bonds is 6. The van der Waals surface area contributed by atoms with Crippen molar-refractivity contribution < 1.29 is 9.90 Å². The van der Waals surface area contributed by atoms with Gasteiger partial charge in [0.25, 0.3) is 5.91 Å². The topological polar surface area (TPSA) is 66.6 Å². The monoisotopic (exact) mass is 323 g/mol. The molecule has 0 radical (unpaired) electrons. The summed E-state index contributed by atoms with van der Waals surface area (Å²) >= 11 is 0. The second-order valence-corrected chi connectivity index (χ2v) is 6.50. The van der Waals surface area contributed by atoms with Gasteiger partial charge >= 0.3 is 0 Å². The van der Waals surface area contributed by atoms with Crippen molar-refractivity contribution in [3.8, 4) is 0 Å². The zero-order chi connectivity index (χ0) is 16.5. The highest BCUT2D eigenvalue weighted by Crippen LogP contribution is 2.36. The minimum absolute atomic E-state index is 0.103. The molecule has 1 saturated carbocycles. The molecule has 0 unspecified atom stereocenters. The van der Waals surface area contributed by atoms with E-state index < -0.39 is 0 Å². The van der Waals surface area contributed by atoms with Gasteiger partial charge in [-0.1, -0.05) is 18.2 Å². The number of para-hydroxylation sites is 1. The molecule has 1 aliphatic carbocycles. The molecule has 1 amide bonds. The average molecular weight is 323 g/mol. The molecule has 4 rings (SSSR count). The number of nitrogens with one attached hydrogen (secondary N) is 1. The van der Waals surface area contributed by atoms with Crippen molar-refractivity contribution in [2.24, 2.45) is 11.0 Å². The van der Waals surface area contributed by atoms with Gasteiger partial charge in [0.1, 0.15) is 0 Å². The number of aliphatic hydroxyl groups excluding tert-OH is 1. The molecule has 1 aromatic heterocycles. The quantitative estimate of drug-likeness (QED) is 0.634. The summed E-state index contributed by atoms with van der Waals surface area (Å²) in [5.41, 5.74) is 6.43. The molecule has 5 nitrogen and oxygen atoms in total. The molecule has 124 valence electrons. The molecule has 0 bridgehead atoms. The molecule has 24 heavy (non-hydrogen) atoms. The van der Waals surface area contributed by atoms with Crippen LogP contribution in [0.15, 0.2) is 41.1 Å². The number of benzene rings is 1. The second kappa shape index (κ2) is 6.24. The van der Waals surface area contributed by atoms with E-state index in [0.717, 1.165) is 54.4 Å². The number of aromatic nitrogens is 1. The SMILES string of the molecule is O=C1NN=C(C2CC2)/C1=C\c1cn(CCCCO)c2ccccc12. The predicted octanol–water partition coefficient (Wildman–Crippen LogP) is 2.69. The number of carbonyl (C=O) groups is 1. The van der Waals surface area contributed by atoms with E-state index >= 15 is 0 Å². The number of unbranched alkanes of at least 4 members (excludes halogenated alkanes) is 1. The van der Waals surface area contributed by atoms with E-state index in [0.29, 0.717) is 11.5 Å². The van der Waals surface area contributed by atoms with E-state index in [1.807, 2.05) is 18.2 Å². The minimum atomic E-state index is -0.103. The van der Waals surface area contributed by atoms with Crippen molar-refractivity contribution in [1.82, 2.24) is 9.99 Å². The molecule has 0 atom stereocenters. The van der Waals surface area contributed by atoms with E-state index in [1.54, 1.807) is 0 Å². The Kier molecular flexibility index (Phi) is 3.94. The molecule has 0 saturated heterocycles. The maximum absolute atomic E-state index is 12.1. The zero-order valence-electron chi connectivity index (χ0n) is 13.5. The predicted molar refractivity (Wildman–Crippen MR) is 94.5 cm³/mol. The van der Waals surface area contributed by atoms with Crippen LogP contribution < -0.4 is 5.43 Å². The first-order valence-corrected chi connectivity index (χ1v) is 8.56. The normalized spacial score (nSPS) is 19.1. The Morgan fingerprint density at radius 2 is 2.12 bits per heavy atom. The van der Waals surface area contributed by atoms with Crippen molar-refractivity contribution in [1.29, 1.82) is 0 Å². The highest BCUT2D eigenvalue weighted by Gasteiger charge is 2.35. The fraction of sp³-hybridized carbons (Fsp3) is 0.368. The average Bonchev–Trinajstić information content (AvgIpc) is 3.30. The van der Waals surface area contributed by atoms with E-state index in [1.165, 1.54) is 0 Å². The molecule has 2 N–H and O–H groups in total. The van der Waals surface area contributed by atoms with Gasteiger partial charge in [-0.25, -0.2) is 5.43 Å².